The fourth-order valence-electron chi connectivity index (χ4n) is 0.596. The van der Waals surface area contributed by atoms with E-state index in [0.29, 0.717) is 12.4 Å². The topological polar surface area (TPSA) is 63.7 Å². The summed E-state index contributed by atoms with van der Waals surface area (Å²) >= 11 is 0. The Morgan fingerprint density at radius 2 is 2.50 bits per heavy atom. The molecule has 1 heterocycles. The van der Waals surface area contributed by atoms with Gasteiger partial charge in [0.25, 0.3) is 0 Å². The Bertz CT molecular complexity index is 162. The van der Waals surface area contributed by atoms with Gasteiger partial charge in [0.05, 0.1) is 6.61 Å². The van der Waals surface area contributed by atoms with Gasteiger partial charge in [-0.25, -0.2) is 0 Å². The molecule has 0 atom stereocenters. The fraction of sp³-hybridized carbons (Fsp3) is 0.800. The Labute approximate surface area is 58.8 Å². The molecular formula is C5H10N4O. The third kappa shape index (κ3) is 2.10. The van der Waals surface area contributed by atoms with Gasteiger partial charge in [-0.05, 0) is 6.92 Å². The number of nitrogens with zero attached hydrogens (tertiary/aromatic N) is 3. The minimum Gasteiger partial charge on any atom is -0.381 e. The third-order valence-electron chi connectivity index (χ3n) is 1.06. The lowest BCUT2D eigenvalue weighted by Crippen LogP contribution is -1.99. The van der Waals surface area contributed by atoms with E-state index in [9.17, 15) is 0 Å². The molecule has 0 radical (unpaired) electrons. The highest BCUT2D eigenvalue weighted by Gasteiger charge is 1.95. The maximum absolute atomic E-state index is 5.09. The number of aromatic nitrogens is 4. The summed E-state index contributed by atoms with van der Waals surface area (Å²) in [5.41, 5.74) is 0. The molecule has 1 N–H and O–H groups in total. The lowest BCUT2D eigenvalue weighted by Gasteiger charge is -1.94. The number of ether oxygens (including phenoxy) is 1. The Hall–Kier alpha value is -0.970. The minimum absolute atomic E-state index is 0.663. The standard InChI is InChI=1S/C5H10N4O/c1-2-10-4-3-5-6-8-9-7-5/h2-4H2,1H3,(H,6,7,8,9). The van der Waals surface area contributed by atoms with E-state index in [4.69, 9.17) is 4.74 Å². The van der Waals surface area contributed by atoms with Crippen molar-refractivity contribution in [1.29, 1.82) is 0 Å². The monoisotopic (exact) mass is 142 g/mol. The van der Waals surface area contributed by atoms with E-state index in [1.807, 2.05) is 6.92 Å². The Kier molecular flexibility index (Phi) is 2.82. The quantitative estimate of drug-likeness (QED) is 0.590. The zero-order valence-corrected chi connectivity index (χ0v) is 5.87. The van der Waals surface area contributed by atoms with E-state index in [1.54, 1.807) is 0 Å². The first kappa shape index (κ1) is 7.14. The van der Waals surface area contributed by atoms with Crippen LogP contribution in [0.15, 0.2) is 0 Å². The molecule has 0 saturated carbocycles. The molecular weight excluding hydrogens is 132 g/mol. The first-order chi connectivity index (χ1) is 4.93. The van der Waals surface area contributed by atoms with Crippen molar-refractivity contribution in [1.82, 2.24) is 20.6 Å². The van der Waals surface area contributed by atoms with E-state index >= 15 is 0 Å². The number of aromatic amines is 1. The summed E-state index contributed by atoms with van der Waals surface area (Å²) in [5.74, 6) is 0.702. The number of rotatable bonds is 4. The normalized spacial score (nSPS) is 10.1. The maximum Gasteiger partial charge on any atom is 0.176 e. The second kappa shape index (κ2) is 3.94. The van der Waals surface area contributed by atoms with Gasteiger partial charge in [0.1, 0.15) is 0 Å². The van der Waals surface area contributed by atoms with Crippen LogP contribution in [0.5, 0.6) is 0 Å². The van der Waals surface area contributed by atoms with Crippen LogP contribution < -0.4 is 0 Å². The van der Waals surface area contributed by atoms with Crippen LogP contribution in [-0.2, 0) is 11.2 Å². The van der Waals surface area contributed by atoms with Crippen molar-refractivity contribution >= 4 is 0 Å². The van der Waals surface area contributed by atoms with E-state index in [1.165, 1.54) is 0 Å². The fourth-order valence-corrected chi connectivity index (χ4v) is 0.596. The van der Waals surface area contributed by atoms with Crippen molar-refractivity contribution in [3.63, 3.8) is 0 Å². The molecule has 56 valence electrons. The molecule has 0 bridgehead atoms. The molecule has 5 heteroatoms. The largest absolute Gasteiger partial charge is 0.381 e. The first-order valence-electron chi connectivity index (χ1n) is 3.23. The van der Waals surface area contributed by atoms with Crippen molar-refractivity contribution in [3.8, 4) is 0 Å². The molecule has 0 fully saturated rings. The summed E-state index contributed by atoms with van der Waals surface area (Å²) in [7, 11) is 0. The van der Waals surface area contributed by atoms with Gasteiger partial charge in [-0.15, -0.1) is 10.2 Å². The molecule has 0 aliphatic rings. The van der Waals surface area contributed by atoms with Gasteiger partial charge in [-0.1, -0.05) is 5.21 Å². The Morgan fingerprint density at radius 3 is 3.10 bits per heavy atom. The predicted octanol–water partition coefficient (Wildman–Crippen LogP) is -0.221. The first-order valence-corrected chi connectivity index (χ1v) is 3.23. The summed E-state index contributed by atoms with van der Waals surface area (Å²) in [6, 6.07) is 0. The summed E-state index contributed by atoms with van der Waals surface area (Å²) in [5, 5.41) is 13.3. The average molecular weight is 142 g/mol. The highest BCUT2D eigenvalue weighted by atomic mass is 16.5. The lowest BCUT2D eigenvalue weighted by atomic mass is 10.4. The van der Waals surface area contributed by atoms with Gasteiger partial charge in [0.2, 0.25) is 0 Å². The summed E-state index contributed by atoms with van der Waals surface area (Å²) in [6.45, 7) is 3.35. The van der Waals surface area contributed by atoms with Crippen molar-refractivity contribution in [2.75, 3.05) is 13.2 Å². The van der Waals surface area contributed by atoms with Crippen LogP contribution in [-0.4, -0.2) is 33.8 Å². The molecule has 1 aromatic heterocycles. The summed E-state index contributed by atoms with van der Waals surface area (Å²) < 4.78 is 5.09. The molecule has 10 heavy (non-hydrogen) atoms. The highest BCUT2D eigenvalue weighted by Crippen LogP contribution is 1.85. The predicted molar refractivity (Wildman–Crippen MR) is 34.4 cm³/mol. The Balaban J connectivity index is 2.15. The summed E-state index contributed by atoms with van der Waals surface area (Å²) in [4.78, 5) is 0. The molecule has 0 saturated heterocycles. The van der Waals surface area contributed by atoms with Gasteiger partial charge in [0, 0.05) is 13.0 Å². The molecule has 1 aromatic rings. The van der Waals surface area contributed by atoms with Crippen LogP contribution in [0, 0.1) is 0 Å². The van der Waals surface area contributed by atoms with Crippen molar-refractivity contribution in [3.05, 3.63) is 5.82 Å². The lowest BCUT2D eigenvalue weighted by molar-refractivity contribution is 0.149. The number of nitrogens with one attached hydrogen (secondary N) is 1. The number of hydrogen-bond acceptors (Lipinski definition) is 4. The minimum atomic E-state index is 0.663. The highest BCUT2D eigenvalue weighted by molar-refractivity contribution is 4.74. The van der Waals surface area contributed by atoms with Crippen LogP contribution in [0.4, 0.5) is 0 Å². The van der Waals surface area contributed by atoms with Crippen LogP contribution in [0.1, 0.15) is 12.7 Å². The molecule has 1 rings (SSSR count). The van der Waals surface area contributed by atoms with Crippen LogP contribution in [0.2, 0.25) is 0 Å². The van der Waals surface area contributed by atoms with Crippen LogP contribution in [0.25, 0.3) is 0 Å². The van der Waals surface area contributed by atoms with Crippen molar-refractivity contribution in [2.24, 2.45) is 0 Å². The van der Waals surface area contributed by atoms with Crippen molar-refractivity contribution in [2.45, 2.75) is 13.3 Å². The SMILES string of the molecule is CCOCCc1nn[nH]n1. The summed E-state index contributed by atoms with van der Waals surface area (Å²) in [6.07, 6.45) is 0.727. The zero-order valence-electron chi connectivity index (χ0n) is 5.87. The Morgan fingerprint density at radius 1 is 1.60 bits per heavy atom. The number of H-pyrrole nitrogens is 1. The van der Waals surface area contributed by atoms with Gasteiger partial charge in [-0.3, -0.25) is 0 Å². The average Bonchev–Trinajstić information content (AvgIpc) is 2.41. The smallest absolute Gasteiger partial charge is 0.176 e. The third-order valence-corrected chi connectivity index (χ3v) is 1.06. The molecule has 0 amide bonds. The van der Waals surface area contributed by atoms with Crippen LogP contribution >= 0.6 is 0 Å². The second-order valence-electron chi connectivity index (χ2n) is 1.77. The molecule has 0 unspecified atom stereocenters. The van der Waals surface area contributed by atoms with Gasteiger partial charge < -0.3 is 4.74 Å². The maximum atomic E-state index is 5.09. The molecule has 0 aromatic carbocycles. The molecule has 0 spiro atoms. The number of hydrogen-bond donors (Lipinski definition) is 1. The van der Waals surface area contributed by atoms with Gasteiger partial charge in [0.15, 0.2) is 5.82 Å². The molecule has 5 nitrogen and oxygen atoms in total. The molecule has 0 aliphatic heterocycles. The van der Waals surface area contributed by atoms with Gasteiger partial charge >= 0.3 is 0 Å². The molecule has 0 aliphatic carbocycles. The zero-order chi connectivity index (χ0) is 7.23. The van der Waals surface area contributed by atoms with E-state index < -0.39 is 0 Å². The van der Waals surface area contributed by atoms with Crippen LogP contribution in [0.3, 0.4) is 0 Å². The van der Waals surface area contributed by atoms with Gasteiger partial charge in [-0.2, -0.15) is 5.21 Å². The van der Waals surface area contributed by atoms with Crippen molar-refractivity contribution < 1.29 is 4.74 Å². The van der Waals surface area contributed by atoms with E-state index in [-0.39, 0.29) is 0 Å². The second-order valence-corrected chi connectivity index (χ2v) is 1.77. The van der Waals surface area contributed by atoms with E-state index in [2.05, 4.69) is 20.6 Å². The van der Waals surface area contributed by atoms with E-state index in [0.717, 1.165) is 13.0 Å². The number of tetrazole rings is 1.